The van der Waals surface area contributed by atoms with Gasteiger partial charge in [0.05, 0.1) is 5.69 Å². The Hall–Kier alpha value is -1.65. The predicted molar refractivity (Wildman–Crippen MR) is 71.4 cm³/mol. The van der Waals surface area contributed by atoms with Gasteiger partial charge in [0.2, 0.25) is 5.95 Å². The second-order valence-corrected chi connectivity index (χ2v) is 4.69. The summed E-state index contributed by atoms with van der Waals surface area (Å²) in [7, 11) is 0. The maximum atomic E-state index is 5.84. The number of rotatable bonds is 3. The van der Waals surface area contributed by atoms with Gasteiger partial charge in [0.1, 0.15) is 0 Å². The molecule has 0 unspecified atom stereocenters. The molecule has 2 heterocycles. The Morgan fingerprint density at radius 3 is 2.89 bits per heavy atom. The third-order valence-corrected chi connectivity index (χ3v) is 3.18. The van der Waals surface area contributed by atoms with Crippen molar-refractivity contribution in [1.82, 2.24) is 15.3 Å². The molecule has 1 aromatic heterocycles. The predicted octanol–water partition coefficient (Wildman–Crippen LogP) is 2.35. The van der Waals surface area contributed by atoms with Crippen LogP contribution >= 0.6 is 11.6 Å². The van der Waals surface area contributed by atoms with E-state index in [0.717, 1.165) is 29.4 Å². The number of aromatic nitrogens is 2. The Bertz CT molecular complexity index is 553. The highest BCUT2D eigenvalue weighted by Crippen LogP contribution is 2.14. The lowest BCUT2D eigenvalue weighted by atomic mass is 10.2. The van der Waals surface area contributed by atoms with Crippen LogP contribution in [0.2, 0.25) is 5.02 Å². The molecule has 0 bridgehead atoms. The standard InChI is InChI=1S/C13H13ClN4/c14-11-3-1-9(2-4-11)5-16-13-17-7-10-6-15-8-12(10)18-13/h1-4,7,15H,5-6,8H2,(H,16,17,18). The minimum atomic E-state index is 0.674. The van der Waals surface area contributed by atoms with Gasteiger partial charge in [-0.2, -0.15) is 0 Å². The molecule has 2 N–H and O–H groups in total. The summed E-state index contributed by atoms with van der Waals surface area (Å²) in [6, 6.07) is 7.74. The van der Waals surface area contributed by atoms with Crippen LogP contribution in [-0.2, 0) is 19.6 Å². The molecule has 1 aliphatic heterocycles. The highest BCUT2D eigenvalue weighted by molar-refractivity contribution is 6.30. The number of nitrogens with zero attached hydrogens (tertiary/aromatic N) is 2. The maximum Gasteiger partial charge on any atom is 0.223 e. The number of benzene rings is 1. The van der Waals surface area contributed by atoms with E-state index in [1.54, 1.807) is 0 Å². The molecule has 0 saturated carbocycles. The number of fused-ring (bicyclic) bond motifs is 1. The summed E-state index contributed by atoms with van der Waals surface area (Å²) in [4.78, 5) is 8.77. The van der Waals surface area contributed by atoms with Crippen molar-refractivity contribution < 1.29 is 0 Å². The van der Waals surface area contributed by atoms with Crippen molar-refractivity contribution in [3.63, 3.8) is 0 Å². The van der Waals surface area contributed by atoms with Gasteiger partial charge in [-0.1, -0.05) is 23.7 Å². The Labute approximate surface area is 110 Å². The third-order valence-electron chi connectivity index (χ3n) is 2.93. The van der Waals surface area contributed by atoms with E-state index >= 15 is 0 Å². The summed E-state index contributed by atoms with van der Waals surface area (Å²) in [5.74, 6) is 0.674. The molecule has 2 aromatic rings. The van der Waals surface area contributed by atoms with Gasteiger partial charge >= 0.3 is 0 Å². The molecule has 1 aromatic carbocycles. The quantitative estimate of drug-likeness (QED) is 0.890. The van der Waals surface area contributed by atoms with Crippen LogP contribution in [0, 0.1) is 0 Å². The van der Waals surface area contributed by atoms with Gasteiger partial charge in [0.15, 0.2) is 0 Å². The zero-order chi connectivity index (χ0) is 12.4. The normalized spacial score (nSPS) is 13.4. The smallest absolute Gasteiger partial charge is 0.223 e. The van der Waals surface area contributed by atoms with E-state index in [0.29, 0.717) is 12.5 Å². The van der Waals surface area contributed by atoms with Crippen molar-refractivity contribution in [3.8, 4) is 0 Å². The molecule has 5 heteroatoms. The molecular weight excluding hydrogens is 248 g/mol. The minimum Gasteiger partial charge on any atom is -0.350 e. The fourth-order valence-corrected chi connectivity index (χ4v) is 2.05. The summed E-state index contributed by atoms with van der Waals surface area (Å²) >= 11 is 5.84. The van der Waals surface area contributed by atoms with Crippen molar-refractivity contribution in [2.45, 2.75) is 19.6 Å². The van der Waals surface area contributed by atoms with Crippen LogP contribution in [0.25, 0.3) is 0 Å². The lowest BCUT2D eigenvalue weighted by Crippen LogP contribution is -2.05. The lowest BCUT2D eigenvalue weighted by molar-refractivity contribution is 0.757. The molecule has 0 atom stereocenters. The van der Waals surface area contributed by atoms with Crippen molar-refractivity contribution >= 4 is 17.5 Å². The van der Waals surface area contributed by atoms with Crippen molar-refractivity contribution in [3.05, 3.63) is 52.3 Å². The van der Waals surface area contributed by atoms with E-state index in [9.17, 15) is 0 Å². The van der Waals surface area contributed by atoms with E-state index in [2.05, 4.69) is 20.6 Å². The minimum absolute atomic E-state index is 0.674. The highest BCUT2D eigenvalue weighted by atomic mass is 35.5. The van der Waals surface area contributed by atoms with Gasteiger partial charge in [-0.15, -0.1) is 0 Å². The molecule has 0 radical (unpaired) electrons. The fourth-order valence-electron chi connectivity index (χ4n) is 1.93. The van der Waals surface area contributed by atoms with E-state index in [1.165, 1.54) is 5.56 Å². The van der Waals surface area contributed by atoms with E-state index < -0.39 is 0 Å². The average Bonchev–Trinajstić information content (AvgIpc) is 2.85. The van der Waals surface area contributed by atoms with Gasteiger partial charge in [-0.25, -0.2) is 9.97 Å². The second kappa shape index (κ2) is 4.92. The van der Waals surface area contributed by atoms with Crippen LogP contribution in [0.5, 0.6) is 0 Å². The van der Waals surface area contributed by atoms with Crippen molar-refractivity contribution in [1.29, 1.82) is 0 Å². The van der Waals surface area contributed by atoms with Gasteiger partial charge in [-0.3, -0.25) is 0 Å². The first-order chi connectivity index (χ1) is 8.81. The molecule has 3 rings (SSSR count). The van der Waals surface area contributed by atoms with Crippen LogP contribution in [0.3, 0.4) is 0 Å². The molecular formula is C13H13ClN4. The summed E-state index contributed by atoms with van der Waals surface area (Å²) in [6.45, 7) is 2.39. The molecule has 0 saturated heterocycles. The SMILES string of the molecule is Clc1ccc(CNc2ncc3c(n2)CNC3)cc1. The van der Waals surface area contributed by atoms with Gasteiger partial charge in [-0.05, 0) is 17.7 Å². The largest absolute Gasteiger partial charge is 0.350 e. The van der Waals surface area contributed by atoms with E-state index in [4.69, 9.17) is 11.6 Å². The van der Waals surface area contributed by atoms with Gasteiger partial charge in [0.25, 0.3) is 0 Å². The zero-order valence-corrected chi connectivity index (χ0v) is 10.5. The molecule has 0 fully saturated rings. The molecule has 1 aliphatic rings. The first-order valence-corrected chi connectivity index (χ1v) is 6.23. The van der Waals surface area contributed by atoms with Crippen LogP contribution < -0.4 is 10.6 Å². The summed E-state index contributed by atoms with van der Waals surface area (Å²) in [5, 5.41) is 7.22. The van der Waals surface area contributed by atoms with E-state index in [1.807, 2.05) is 30.5 Å². The summed E-state index contributed by atoms with van der Waals surface area (Å²) in [6.07, 6.45) is 1.88. The van der Waals surface area contributed by atoms with Crippen LogP contribution in [0.15, 0.2) is 30.5 Å². The first kappa shape index (κ1) is 11.4. The molecule has 0 amide bonds. The highest BCUT2D eigenvalue weighted by Gasteiger charge is 2.12. The third kappa shape index (κ3) is 2.44. The summed E-state index contributed by atoms with van der Waals surface area (Å²) < 4.78 is 0. The Balaban J connectivity index is 1.68. The lowest BCUT2D eigenvalue weighted by Gasteiger charge is -2.06. The number of hydrogen-bond acceptors (Lipinski definition) is 4. The molecule has 0 aliphatic carbocycles. The maximum absolute atomic E-state index is 5.84. The van der Waals surface area contributed by atoms with Crippen molar-refractivity contribution in [2.75, 3.05) is 5.32 Å². The van der Waals surface area contributed by atoms with Gasteiger partial charge < -0.3 is 10.6 Å². The second-order valence-electron chi connectivity index (χ2n) is 4.25. The number of hydrogen-bond donors (Lipinski definition) is 2. The number of nitrogens with one attached hydrogen (secondary N) is 2. The summed E-state index contributed by atoms with van der Waals surface area (Å²) in [5.41, 5.74) is 3.43. The van der Waals surface area contributed by atoms with Crippen LogP contribution in [0.4, 0.5) is 5.95 Å². The van der Waals surface area contributed by atoms with Crippen LogP contribution in [-0.4, -0.2) is 9.97 Å². The Morgan fingerprint density at radius 2 is 2.06 bits per heavy atom. The van der Waals surface area contributed by atoms with E-state index in [-0.39, 0.29) is 0 Å². The fraction of sp³-hybridized carbons (Fsp3) is 0.231. The molecule has 4 nitrogen and oxygen atoms in total. The average molecular weight is 261 g/mol. The Kier molecular flexibility index (Phi) is 3.13. The first-order valence-electron chi connectivity index (χ1n) is 5.85. The van der Waals surface area contributed by atoms with Crippen molar-refractivity contribution in [2.24, 2.45) is 0 Å². The Morgan fingerprint density at radius 1 is 1.22 bits per heavy atom. The number of halogens is 1. The molecule has 0 spiro atoms. The molecule has 92 valence electrons. The topological polar surface area (TPSA) is 49.8 Å². The zero-order valence-electron chi connectivity index (χ0n) is 9.78. The monoisotopic (exact) mass is 260 g/mol. The molecule has 18 heavy (non-hydrogen) atoms. The van der Waals surface area contributed by atoms with Gasteiger partial charge in [0, 0.05) is 36.4 Å². The number of anilines is 1. The van der Waals surface area contributed by atoms with Crippen LogP contribution in [0.1, 0.15) is 16.8 Å².